The van der Waals surface area contributed by atoms with E-state index in [1.165, 1.54) is 12.0 Å². The first-order chi connectivity index (χ1) is 17.4. The van der Waals surface area contributed by atoms with Gasteiger partial charge < -0.3 is 19.3 Å². The van der Waals surface area contributed by atoms with Crippen LogP contribution in [0, 0.1) is 0 Å². The van der Waals surface area contributed by atoms with Crippen LogP contribution in [-0.4, -0.2) is 37.1 Å². The van der Waals surface area contributed by atoms with Gasteiger partial charge >= 0.3 is 0 Å². The van der Waals surface area contributed by atoms with E-state index >= 15 is 0 Å². The van der Waals surface area contributed by atoms with Gasteiger partial charge in [-0.3, -0.25) is 14.5 Å². The van der Waals surface area contributed by atoms with E-state index in [-0.39, 0.29) is 11.3 Å². The van der Waals surface area contributed by atoms with Gasteiger partial charge in [-0.15, -0.1) is 0 Å². The van der Waals surface area contributed by atoms with E-state index in [2.05, 4.69) is 0 Å². The fourth-order valence-electron chi connectivity index (χ4n) is 4.23. The topological polar surface area (TPSA) is 85.3 Å². The van der Waals surface area contributed by atoms with E-state index in [1.807, 2.05) is 13.8 Å². The van der Waals surface area contributed by atoms with Gasteiger partial charge in [0.1, 0.15) is 11.5 Å². The second-order valence-electron chi connectivity index (χ2n) is 7.95. The molecule has 1 saturated heterocycles. The number of nitrogens with zero attached hydrogens (tertiary/aromatic N) is 1. The number of ether oxygens (including phenoxy) is 3. The normalized spacial score (nSPS) is 16.8. The molecule has 1 fully saturated rings. The zero-order chi connectivity index (χ0) is 25.8. The minimum Gasteiger partial charge on any atom is -0.507 e. The molecule has 1 heterocycles. The largest absolute Gasteiger partial charge is 0.507 e. The molecule has 1 aliphatic heterocycles. The molecule has 186 valence electrons. The Hall–Kier alpha value is -3.97. The van der Waals surface area contributed by atoms with Gasteiger partial charge in [0, 0.05) is 16.3 Å². The second kappa shape index (κ2) is 10.7. The average molecular weight is 508 g/mol. The number of carbonyl (C=O) groups is 2. The lowest BCUT2D eigenvalue weighted by Crippen LogP contribution is -2.29. The molecular formula is C28H26ClNO6. The van der Waals surface area contributed by atoms with Crippen molar-refractivity contribution in [1.29, 1.82) is 0 Å². The standard InChI is InChI=1S/C28H26ClNO6/c1-4-35-21-11-6-8-18(14-21)26(31)24-25(17-12-13-22(34-3)23(15-17)36-5-2)30(28(33)27(24)32)20-10-7-9-19(29)16-20/h6-16,25,31H,4-5H2,1-3H3/b26-24-. The van der Waals surface area contributed by atoms with E-state index in [9.17, 15) is 14.7 Å². The highest BCUT2D eigenvalue weighted by Gasteiger charge is 2.47. The first-order valence-corrected chi connectivity index (χ1v) is 11.9. The van der Waals surface area contributed by atoms with Crippen LogP contribution >= 0.6 is 11.6 Å². The lowest BCUT2D eigenvalue weighted by molar-refractivity contribution is -0.132. The Balaban J connectivity index is 1.95. The minimum atomic E-state index is -0.940. The number of Topliss-reactive ketones (excluding diaryl/α,β-unsaturated/α-hetero) is 1. The van der Waals surface area contributed by atoms with Crippen LogP contribution in [0.4, 0.5) is 5.69 Å². The summed E-state index contributed by atoms with van der Waals surface area (Å²) in [4.78, 5) is 28.1. The number of aliphatic hydroxyl groups excluding tert-OH is 1. The van der Waals surface area contributed by atoms with E-state index in [1.54, 1.807) is 66.7 Å². The molecule has 1 N–H and O–H groups in total. The molecule has 0 bridgehead atoms. The lowest BCUT2D eigenvalue weighted by Gasteiger charge is -2.26. The van der Waals surface area contributed by atoms with Gasteiger partial charge in [-0.05, 0) is 61.9 Å². The average Bonchev–Trinajstić information content (AvgIpc) is 3.14. The summed E-state index contributed by atoms with van der Waals surface area (Å²) < 4.78 is 16.7. The minimum absolute atomic E-state index is 0.0544. The number of ketones is 1. The summed E-state index contributed by atoms with van der Waals surface area (Å²) in [6.07, 6.45) is 0. The molecule has 3 aromatic carbocycles. The Morgan fingerprint density at radius 1 is 0.944 bits per heavy atom. The summed E-state index contributed by atoms with van der Waals surface area (Å²) in [5.41, 5.74) is 1.28. The van der Waals surface area contributed by atoms with Crippen molar-refractivity contribution in [2.24, 2.45) is 0 Å². The molecule has 8 heteroatoms. The predicted octanol–water partition coefficient (Wildman–Crippen LogP) is 5.77. The van der Waals surface area contributed by atoms with Crippen molar-refractivity contribution >= 4 is 34.7 Å². The molecule has 3 aromatic rings. The van der Waals surface area contributed by atoms with Crippen molar-refractivity contribution in [2.45, 2.75) is 19.9 Å². The first kappa shape index (κ1) is 25.1. The zero-order valence-electron chi connectivity index (χ0n) is 20.2. The summed E-state index contributed by atoms with van der Waals surface area (Å²) in [6, 6.07) is 17.6. The Kier molecular flexibility index (Phi) is 7.50. The summed E-state index contributed by atoms with van der Waals surface area (Å²) in [7, 11) is 1.53. The van der Waals surface area contributed by atoms with Crippen LogP contribution in [0.1, 0.15) is 31.0 Å². The van der Waals surface area contributed by atoms with Crippen LogP contribution in [0.3, 0.4) is 0 Å². The third-order valence-electron chi connectivity index (χ3n) is 5.75. The van der Waals surface area contributed by atoms with Gasteiger partial charge in [0.05, 0.1) is 31.9 Å². The third kappa shape index (κ3) is 4.75. The van der Waals surface area contributed by atoms with Gasteiger partial charge in [-0.2, -0.15) is 0 Å². The highest BCUT2D eigenvalue weighted by atomic mass is 35.5. The molecule has 1 amide bonds. The molecule has 7 nitrogen and oxygen atoms in total. The highest BCUT2D eigenvalue weighted by molar-refractivity contribution is 6.51. The Labute approximate surface area is 214 Å². The number of amides is 1. The van der Waals surface area contributed by atoms with Crippen LogP contribution < -0.4 is 19.1 Å². The SMILES string of the molecule is CCOc1cccc(/C(O)=C2/C(=O)C(=O)N(c3cccc(Cl)c3)C2c2ccc(OC)c(OCC)c2)c1. The van der Waals surface area contributed by atoms with Gasteiger partial charge in [-0.1, -0.05) is 35.9 Å². The monoisotopic (exact) mass is 507 g/mol. The van der Waals surface area contributed by atoms with Gasteiger partial charge in [0.2, 0.25) is 0 Å². The van der Waals surface area contributed by atoms with Crippen LogP contribution in [-0.2, 0) is 9.59 Å². The molecule has 36 heavy (non-hydrogen) atoms. The number of hydrogen-bond acceptors (Lipinski definition) is 6. The molecule has 4 rings (SSSR count). The molecule has 0 radical (unpaired) electrons. The Bertz CT molecular complexity index is 1340. The molecular weight excluding hydrogens is 482 g/mol. The van der Waals surface area contributed by atoms with Crippen molar-refractivity contribution in [3.05, 3.63) is 88.5 Å². The summed E-state index contributed by atoms with van der Waals surface area (Å²) >= 11 is 6.21. The van der Waals surface area contributed by atoms with E-state index in [0.29, 0.717) is 52.3 Å². The number of halogens is 1. The smallest absolute Gasteiger partial charge is 0.300 e. The molecule has 0 spiro atoms. The fourth-order valence-corrected chi connectivity index (χ4v) is 4.41. The van der Waals surface area contributed by atoms with E-state index in [0.717, 1.165) is 0 Å². The zero-order valence-corrected chi connectivity index (χ0v) is 20.9. The Morgan fingerprint density at radius 2 is 1.69 bits per heavy atom. The van der Waals surface area contributed by atoms with Crippen molar-refractivity contribution in [3.8, 4) is 17.2 Å². The molecule has 1 unspecified atom stereocenters. The van der Waals surface area contributed by atoms with Crippen molar-refractivity contribution in [3.63, 3.8) is 0 Å². The van der Waals surface area contributed by atoms with Crippen LogP contribution in [0.5, 0.6) is 17.2 Å². The van der Waals surface area contributed by atoms with Crippen LogP contribution in [0.25, 0.3) is 5.76 Å². The number of rotatable bonds is 8. The van der Waals surface area contributed by atoms with Gasteiger partial charge in [0.25, 0.3) is 11.7 Å². The van der Waals surface area contributed by atoms with E-state index in [4.69, 9.17) is 25.8 Å². The molecule has 0 saturated carbocycles. The quantitative estimate of drug-likeness (QED) is 0.236. The fraction of sp³-hybridized carbons (Fsp3) is 0.214. The maximum Gasteiger partial charge on any atom is 0.300 e. The third-order valence-corrected chi connectivity index (χ3v) is 5.99. The summed E-state index contributed by atoms with van der Waals surface area (Å²) in [5, 5.41) is 11.8. The first-order valence-electron chi connectivity index (χ1n) is 11.5. The predicted molar refractivity (Wildman–Crippen MR) is 138 cm³/mol. The van der Waals surface area contributed by atoms with Crippen molar-refractivity contribution < 1.29 is 28.9 Å². The van der Waals surface area contributed by atoms with Gasteiger partial charge in [0.15, 0.2) is 11.5 Å². The van der Waals surface area contributed by atoms with Crippen molar-refractivity contribution in [2.75, 3.05) is 25.2 Å². The number of methoxy groups -OCH3 is 1. The molecule has 0 aliphatic carbocycles. The second-order valence-corrected chi connectivity index (χ2v) is 8.39. The number of aliphatic hydroxyl groups is 1. The van der Waals surface area contributed by atoms with Crippen molar-refractivity contribution in [1.82, 2.24) is 0 Å². The maximum absolute atomic E-state index is 13.4. The molecule has 0 aromatic heterocycles. The lowest BCUT2D eigenvalue weighted by atomic mass is 9.94. The Morgan fingerprint density at radius 3 is 2.39 bits per heavy atom. The molecule has 1 aliphatic rings. The number of carbonyl (C=O) groups excluding carboxylic acids is 2. The highest BCUT2D eigenvalue weighted by Crippen LogP contribution is 2.44. The molecule has 1 atom stereocenters. The van der Waals surface area contributed by atoms with Crippen LogP contribution in [0.15, 0.2) is 72.3 Å². The number of benzene rings is 3. The number of hydrogen-bond donors (Lipinski definition) is 1. The van der Waals surface area contributed by atoms with E-state index < -0.39 is 17.7 Å². The number of anilines is 1. The van der Waals surface area contributed by atoms with Crippen LogP contribution in [0.2, 0.25) is 5.02 Å². The van der Waals surface area contributed by atoms with Gasteiger partial charge in [-0.25, -0.2) is 0 Å². The summed E-state index contributed by atoms with van der Waals surface area (Å²) in [6.45, 7) is 4.52. The summed E-state index contributed by atoms with van der Waals surface area (Å²) in [5.74, 6) is -0.410. The maximum atomic E-state index is 13.4.